The van der Waals surface area contributed by atoms with Crippen molar-refractivity contribution >= 4 is 11.6 Å². The lowest BCUT2D eigenvalue weighted by Gasteiger charge is -2.23. The second kappa shape index (κ2) is 4.05. The maximum absolute atomic E-state index is 12.8. The molecule has 1 aliphatic carbocycles. The lowest BCUT2D eigenvalue weighted by Crippen LogP contribution is -2.32. The maximum Gasteiger partial charge on any atom is 0.230 e. The van der Waals surface area contributed by atoms with Crippen LogP contribution in [0, 0.1) is 23.2 Å². The molecule has 1 fully saturated rings. The van der Waals surface area contributed by atoms with Crippen LogP contribution in [-0.4, -0.2) is 10.9 Å². The standard InChI is InChI=1S/C12H14F2N2O/c1-12(2,7-3-4-7)11(17)15-8-5-9(13)16-10(14)6-8/h5-7H,3-4H2,1-2H3,(H,15,16,17). The first-order chi connectivity index (χ1) is 7.89. The first-order valence-electron chi connectivity index (χ1n) is 5.54. The number of hydrogen-bond acceptors (Lipinski definition) is 2. The molecule has 1 N–H and O–H groups in total. The fourth-order valence-electron chi connectivity index (χ4n) is 1.82. The Bertz CT molecular complexity index is 436. The molecule has 3 nitrogen and oxygen atoms in total. The number of aromatic nitrogens is 1. The summed E-state index contributed by atoms with van der Waals surface area (Å²) in [5, 5.41) is 2.53. The van der Waals surface area contributed by atoms with E-state index in [-0.39, 0.29) is 11.6 Å². The van der Waals surface area contributed by atoms with E-state index in [2.05, 4.69) is 10.3 Å². The van der Waals surface area contributed by atoms with Crippen LogP contribution in [0.1, 0.15) is 26.7 Å². The van der Waals surface area contributed by atoms with Crippen LogP contribution in [0.4, 0.5) is 14.5 Å². The van der Waals surface area contributed by atoms with Gasteiger partial charge >= 0.3 is 0 Å². The van der Waals surface area contributed by atoms with Gasteiger partial charge in [-0.25, -0.2) is 0 Å². The van der Waals surface area contributed by atoms with Crippen molar-refractivity contribution in [2.75, 3.05) is 5.32 Å². The van der Waals surface area contributed by atoms with E-state index in [9.17, 15) is 13.6 Å². The minimum Gasteiger partial charge on any atom is -0.325 e. The molecule has 1 aliphatic rings. The second-order valence-corrected chi connectivity index (χ2v) is 4.95. The Labute approximate surface area is 98.2 Å². The van der Waals surface area contributed by atoms with Crippen LogP contribution in [0.25, 0.3) is 0 Å². The molecule has 0 radical (unpaired) electrons. The second-order valence-electron chi connectivity index (χ2n) is 4.95. The van der Waals surface area contributed by atoms with Crippen molar-refractivity contribution in [1.82, 2.24) is 4.98 Å². The molecule has 1 aromatic rings. The summed E-state index contributed by atoms with van der Waals surface area (Å²) in [6.07, 6.45) is 2.05. The predicted molar refractivity (Wildman–Crippen MR) is 59.3 cm³/mol. The third-order valence-electron chi connectivity index (χ3n) is 3.20. The van der Waals surface area contributed by atoms with E-state index < -0.39 is 17.3 Å². The number of rotatable bonds is 3. The Balaban J connectivity index is 2.12. The van der Waals surface area contributed by atoms with Gasteiger partial charge in [-0.1, -0.05) is 13.8 Å². The SMILES string of the molecule is CC(C)(C(=O)Nc1cc(F)nc(F)c1)C1CC1. The van der Waals surface area contributed by atoms with E-state index in [0.29, 0.717) is 5.92 Å². The van der Waals surface area contributed by atoms with Gasteiger partial charge in [0.15, 0.2) is 0 Å². The Morgan fingerprint density at radius 1 is 1.35 bits per heavy atom. The zero-order valence-corrected chi connectivity index (χ0v) is 9.76. The summed E-state index contributed by atoms with van der Waals surface area (Å²) in [6.45, 7) is 3.68. The summed E-state index contributed by atoms with van der Waals surface area (Å²) >= 11 is 0. The van der Waals surface area contributed by atoms with Gasteiger partial charge in [-0.05, 0) is 18.8 Å². The van der Waals surface area contributed by atoms with Gasteiger partial charge in [-0.2, -0.15) is 13.8 Å². The molecular weight excluding hydrogens is 226 g/mol. The molecule has 1 amide bonds. The number of nitrogens with one attached hydrogen (secondary N) is 1. The van der Waals surface area contributed by atoms with Crippen LogP contribution in [0.2, 0.25) is 0 Å². The average molecular weight is 240 g/mol. The molecule has 0 aliphatic heterocycles. The molecule has 2 rings (SSSR count). The van der Waals surface area contributed by atoms with Crippen LogP contribution < -0.4 is 5.32 Å². The molecular formula is C12H14F2N2O. The topological polar surface area (TPSA) is 42.0 Å². The molecule has 0 spiro atoms. The van der Waals surface area contributed by atoms with Crippen molar-refractivity contribution in [3.05, 3.63) is 24.0 Å². The summed E-state index contributed by atoms with van der Waals surface area (Å²) in [6, 6.07) is 2.01. The largest absolute Gasteiger partial charge is 0.325 e. The monoisotopic (exact) mass is 240 g/mol. The lowest BCUT2D eigenvalue weighted by molar-refractivity contribution is -0.124. The van der Waals surface area contributed by atoms with Gasteiger partial charge in [0.25, 0.3) is 0 Å². The van der Waals surface area contributed by atoms with Gasteiger partial charge in [0.2, 0.25) is 17.8 Å². The molecule has 1 heterocycles. The van der Waals surface area contributed by atoms with Crippen molar-refractivity contribution < 1.29 is 13.6 Å². The third-order valence-corrected chi connectivity index (χ3v) is 3.20. The molecule has 1 aromatic heterocycles. The van der Waals surface area contributed by atoms with Crippen molar-refractivity contribution in [2.45, 2.75) is 26.7 Å². The number of anilines is 1. The first-order valence-corrected chi connectivity index (χ1v) is 5.54. The van der Waals surface area contributed by atoms with E-state index >= 15 is 0 Å². The molecule has 0 saturated heterocycles. The molecule has 92 valence electrons. The van der Waals surface area contributed by atoms with Gasteiger partial charge < -0.3 is 5.32 Å². The highest BCUT2D eigenvalue weighted by Gasteiger charge is 2.43. The van der Waals surface area contributed by atoms with Gasteiger partial charge in [-0.3, -0.25) is 4.79 Å². The lowest BCUT2D eigenvalue weighted by atomic mass is 9.86. The molecule has 0 aromatic carbocycles. The first kappa shape index (κ1) is 12.0. The van der Waals surface area contributed by atoms with Crippen molar-refractivity contribution in [1.29, 1.82) is 0 Å². The zero-order chi connectivity index (χ0) is 12.6. The highest BCUT2D eigenvalue weighted by atomic mass is 19.1. The highest BCUT2D eigenvalue weighted by Crippen LogP contribution is 2.45. The summed E-state index contributed by atoms with van der Waals surface area (Å²) in [4.78, 5) is 14.9. The summed E-state index contributed by atoms with van der Waals surface area (Å²) < 4.78 is 25.7. The average Bonchev–Trinajstić information content (AvgIpc) is 2.98. The number of amides is 1. The van der Waals surface area contributed by atoms with E-state index in [1.807, 2.05) is 13.8 Å². The van der Waals surface area contributed by atoms with E-state index in [4.69, 9.17) is 0 Å². The van der Waals surface area contributed by atoms with Crippen molar-refractivity contribution in [3.63, 3.8) is 0 Å². The fraction of sp³-hybridized carbons (Fsp3) is 0.500. The quantitative estimate of drug-likeness (QED) is 0.825. The van der Waals surface area contributed by atoms with Crippen LogP contribution in [0.3, 0.4) is 0 Å². The molecule has 0 atom stereocenters. The normalized spacial score (nSPS) is 15.8. The van der Waals surface area contributed by atoms with Crippen molar-refractivity contribution in [2.24, 2.45) is 11.3 Å². The number of pyridine rings is 1. The number of halogens is 2. The van der Waals surface area contributed by atoms with Gasteiger partial charge in [0.1, 0.15) is 0 Å². The Morgan fingerprint density at radius 2 is 1.88 bits per heavy atom. The van der Waals surface area contributed by atoms with Crippen LogP contribution in [-0.2, 0) is 4.79 Å². The Kier molecular flexibility index (Phi) is 2.85. The molecule has 17 heavy (non-hydrogen) atoms. The number of nitrogens with zero attached hydrogens (tertiary/aromatic N) is 1. The predicted octanol–water partition coefficient (Wildman–Crippen LogP) is 2.73. The molecule has 0 unspecified atom stereocenters. The van der Waals surface area contributed by atoms with E-state index in [1.54, 1.807) is 0 Å². The van der Waals surface area contributed by atoms with E-state index in [1.165, 1.54) is 0 Å². The highest BCUT2D eigenvalue weighted by molar-refractivity contribution is 5.95. The van der Waals surface area contributed by atoms with Crippen LogP contribution in [0.15, 0.2) is 12.1 Å². The number of carbonyl (C=O) groups excluding carboxylic acids is 1. The van der Waals surface area contributed by atoms with Crippen LogP contribution >= 0.6 is 0 Å². The minimum atomic E-state index is -0.940. The fourth-order valence-corrected chi connectivity index (χ4v) is 1.82. The summed E-state index contributed by atoms with van der Waals surface area (Å²) in [5.74, 6) is -1.74. The molecule has 0 bridgehead atoms. The van der Waals surface area contributed by atoms with Crippen LogP contribution in [0.5, 0.6) is 0 Å². The molecule has 5 heteroatoms. The smallest absolute Gasteiger partial charge is 0.230 e. The number of hydrogen-bond donors (Lipinski definition) is 1. The maximum atomic E-state index is 12.8. The summed E-state index contributed by atoms with van der Waals surface area (Å²) in [5.41, 5.74) is -0.398. The zero-order valence-electron chi connectivity index (χ0n) is 9.76. The van der Waals surface area contributed by atoms with Gasteiger partial charge in [-0.15, -0.1) is 0 Å². The third kappa shape index (κ3) is 2.60. The van der Waals surface area contributed by atoms with Gasteiger partial charge in [0, 0.05) is 23.2 Å². The number of carbonyl (C=O) groups is 1. The van der Waals surface area contributed by atoms with Gasteiger partial charge in [0.05, 0.1) is 0 Å². The Hall–Kier alpha value is -1.52. The van der Waals surface area contributed by atoms with Crippen molar-refractivity contribution in [3.8, 4) is 0 Å². The summed E-state index contributed by atoms with van der Waals surface area (Å²) in [7, 11) is 0. The minimum absolute atomic E-state index is 0.105. The molecule has 1 saturated carbocycles. The Morgan fingerprint density at radius 3 is 2.35 bits per heavy atom. The van der Waals surface area contributed by atoms with E-state index in [0.717, 1.165) is 25.0 Å².